The van der Waals surface area contributed by atoms with E-state index in [-0.39, 0.29) is 11.8 Å². The Morgan fingerprint density at radius 3 is 2.83 bits per heavy atom. The Morgan fingerprint density at radius 1 is 1.44 bits per heavy atom. The van der Waals surface area contributed by atoms with Crippen molar-refractivity contribution >= 4 is 23.4 Å². The minimum absolute atomic E-state index is 0.126. The molecule has 4 heteroatoms. The lowest BCUT2D eigenvalue weighted by Crippen LogP contribution is -2.22. The van der Waals surface area contributed by atoms with Crippen LogP contribution in [-0.2, 0) is 4.79 Å². The number of hydrogen-bond donors (Lipinski definition) is 2. The van der Waals surface area contributed by atoms with Gasteiger partial charge in [-0.15, -0.1) is 0 Å². The summed E-state index contributed by atoms with van der Waals surface area (Å²) in [6.45, 7) is 0.359. The molecule has 1 atom stereocenters. The number of anilines is 1. The molecular weight excluding hydrogens is 244 g/mol. The van der Waals surface area contributed by atoms with Crippen LogP contribution in [0.5, 0.6) is 0 Å². The zero-order valence-electron chi connectivity index (χ0n) is 10.1. The first-order valence-electron chi connectivity index (χ1n) is 5.97. The molecule has 1 heterocycles. The van der Waals surface area contributed by atoms with Crippen LogP contribution in [0.25, 0.3) is 0 Å². The van der Waals surface area contributed by atoms with E-state index < -0.39 is 0 Å². The second-order valence-corrected chi connectivity index (χ2v) is 5.28. The molecule has 1 aliphatic heterocycles. The van der Waals surface area contributed by atoms with Crippen LogP contribution in [-0.4, -0.2) is 24.0 Å². The molecule has 1 saturated heterocycles. The zero-order chi connectivity index (χ0) is 12.8. The minimum Gasteiger partial charge on any atom is -0.326 e. The number of carbonyl (C=O) groups is 1. The van der Waals surface area contributed by atoms with Crippen molar-refractivity contribution in [1.82, 2.24) is 0 Å². The molecule has 0 saturated carbocycles. The van der Waals surface area contributed by atoms with Crippen LogP contribution in [0.3, 0.4) is 0 Å². The summed E-state index contributed by atoms with van der Waals surface area (Å²) in [7, 11) is 0. The number of nitrogens with two attached hydrogens (primary N) is 1. The summed E-state index contributed by atoms with van der Waals surface area (Å²) in [4.78, 5) is 11.9. The van der Waals surface area contributed by atoms with Gasteiger partial charge in [0.15, 0.2) is 0 Å². The van der Waals surface area contributed by atoms with E-state index in [0.717, 1.165) is 29.2 Å². The van der Waals surface area contributed by atoms with E-state index in [9.17, 15) is 4.79 Å². The molecule has 0 aromatic heterocycles. The molecule has 1 amide bonds. The average Bonchev–Trinajstić information content (AvgIpc) is 2.92. The second-order valence-electron chi connectivity index (χ2n) is 4.13. The van der Waals surface area contributed by atoms with Crippen molar-refractivity contribution in [2.45, 2.75) is 6.42 Å². The molecule has 1 aliphatic rings. The highest BCUT2D eigenvalue weighted by atomic mass is 32.2. The summed E-state index contributed by atoms with van der Waals surface area (Å²) in [6, 6.07) is 7.53. The Bertz CT molecular complexity index is 467. The molecule has 0 aliphatic carbocycles. The fraction of sp³-hybridized carbons (Fsp3) is 0.357. The number of rotatable bonds is 2. The molecule has 1 aromatic carbocycles. The maximum absolute atomic E-state index is 11.9. The maximum Gasteiger partial charge on any atom is 0.228 e. The average molecular weight is 260 g/mol. The number of carbonyl (C=O) groups excluding carboxylic acids is 1. The van der Waals surface area contributed by atoms with Crippen LogP contribution in [0, 0.1) is 17.8 Å². The molecule has 0 bridgehead atoms. The minimum atomic E-state index is 0.126. The Morgan fingerprint density at radius 2 is 2.22 bits per heavy atom. The Labute approximate surface area is 112 Å². The van der Waals surface area contributed by atoms with Crippen LogP contribution < -0.4 is 11.1 Å². The van der Waals surface area contributed by atoms with E-state index in [1.807, 2.05) is 36.0 Å². The lowest BCUT2D eigenvalue weighted by atomic mass is 10.1. The van der Waals surface area contributed by atoms with Gasteiger partial charge in [-0.05, 0) is 36.4 Å². The zero-order valence-corrected chi connectivity index (χ0v) is 10.9. The Hall–Kier alpha value is -1.44. The molecule has 1 unspecified atom stereocenters. The van der Waals surface area contributed by atoms with Crippen molar-refractivity contribution in [2.75, 3.05) is 23.4 Å². The van der Waals surface area contributed by atoms with Crippen LogP contribution in [0.4, 0.5) is 5.69 Å². The van der Waals surface area contributed by atoms with Gasteiger partial charge < -0.3 is 11.1 Å². The normalized spacial score (nSPS) is 17.9. The van der Waals surface area contributed by atoms with E-state index in [0.29, 0.717) is 6.54 Å². The molecule has 1 fully saturated rings. The van der Waals surface area contributed by atoms with Gasteiger partial charge in [-0.25, -0.2) is 0 Å². The molecule has 3 nitrogen and oxygen atoms in total. The molecular formula is C14H16N2OS. The SMILES string of the molecule is NCC#Cc1ccc(NC(=O)C2CCSC2)cc1. The van der Waals surface area contributed by atoms with Gasteiger partial charge in [0.2, 0.25) is 5.91 Å². The summed E-state index contributed by atoms with van der Waals surface area (Å²) in [5, 5.41) is 2.94. The summed E-state index contributed by atoms with van der Waals surface area (Å²) >= 11 is 1.84. The first-order valence-corrected chi connectivity index (χ1v) is 7.12. The van der Waals surface area contributed by atoms with Gasteiger partial charge in [0, 0.05) is 22.9 Å². The number of benzene rings is 1. The van der Waals surface area contributed by atoms with E-state index >= 15 is 0 Å². The molecule has 0 radical (unpaired) electrons. The maximum atomic E-state index is 11.9. The first kappa shape index (κ1) is 13.0. The van der Waals surface area contributed by atoms with Gasteiger partial charge >= 0.3 is 0 Å². The smallest absolute Gasteiger partial charge is 0.228 e. The third kappa shape index (κ3) is 3.52. The number of amides is 1. The third-order valence-electron chi connectivity index (χ3n) is 2.79. The summed E-state index contributed by atoms with van der Waals surface area (Å²) in [5.41, 5.74) is 7.05. The van der Waals surface area contributed by atoms with Crippen LogP contribution in [0.15, 0.2) is 24.3 Å². The lowest BCUT2D eigenvalue weighted by Gasteiger charge is -2.09. The first-order chi connectivity index (χ1) is 8.79. The van der Waals surface area contributed by atoms with E-state index in [2.05, 4.69) is 17.2 Å². The monoisotopic (exact) mass is 260 g/mol. The van der Waals surface area contributed by atoms with Crippen molar-refractivity contribution in [1.29, 1.82) is 0 Å². The van der Waals surface area contributed by atoms with E-state index in [1.165, 1.54) is 0 Å². The summed E-state index contributed by atoms with van der Waals surface area (Å²) < 4.78 is 0. The van der Waals surface area contributed by atoms with Crippen LogP contribution in [0.1, 0.15) is 12.0 Å². The van der Waals surface area contributed by atoms with Crippen molar-refractivity contribution in [2.24, 2.45) is 11.7 Å². The van der Waals surface area contributed by atoms with Gasteiger partial charge in [0.25, 0.3) is 0 Å². The summed E-state index contributed by atoms with van der Waals surface area (Å²) in [5.74, 6) is 8.06. The van der Waals surface area contributed by atoms with Gasteiger partial charge in [-0.3, -0.25) is 4.79 Å². The van der Waals surface area contributed by atoms with Crippen molar-refractivity contribution in [3.8, 4) is 11.8 Å². The predicted octanol–water partition coefficient (Wildman–Crippen LogP) is 1.69. The number of nitrogens with one attached hydrogen (secondary N) is 1. The van der Waals surface area contributed by atoms with Gasteiger partial charge in [-0.2, -0.15) is 11.8 Å². The predicted molar refractivity (Wildman–Crippen MR) is 76.4 cm³/mol. The molecule has 3 N–H and O–H groups in total. The quantitative estimate of drug-likeness (QED) is 0.796. The molecule has 2 rings (SSSR count). The van der Waals surface area contributed by atoms with Gasteiger partial charge in [0.05, 0.1) is 6.54 Å². The number of hydrogen-bond acceptors (Lipinski definition) is 3. The van der Waals surface area contributed by atoms with Crippen molar-refractivity contribution in [3.63, 3.8) is 0 Å². The molecule has 0 spiro atoms. The summed E-state index contributed by atoms with van der Waals surface area (Å²) in [6.07, 6.45) is 0.983. The number of thioether (sulfide) groups is 1. The van der Waals surface area contributed by atoms with Crippen LogP contribution >= 0.6 is 11.8 Å². The van der Waals surface area contributed by atoms with E-state index in [4.69, 9.17) is 5.73 Å². The highest BCUT2D eigenvalue weighted by molar-refractivity contribution is 7.99. The molecule has 94 valence electrons. The van der Waals surface area contributed by atoms with Gasteiger partial charge in [0.1, 0.15) is 0 Å². The Kier molecular flexibility index (Phi) is 4.68. The van der Waals surface area contributed by atoms with Crippen molar-refractivity contribution < 1.29 is 4.79 Å². The fourth-order valence-corrected chi connectivity index (χ4v) is 3.00. The lowest BCUT2D eigenvalue weighted by molar-refractivity contribution is -0.119. The second kappa shape index (κ2) is 6.48. The highest BCUT2D eigenvalue weighted by Crippen LogP contribution is 2.24. The fourth-order valence-electron chi connectivity index (χ4n) is 1.78. The van der Waals surface area contributed by atoms with E-state index in [1.54, 1.807) is 0 Å². The highest BCUT2D eigenvalue weighted by Gasteiger charge is 2.22. The Balaban J connectivity index is 1.95. The van der Waals surface area contributed by atoms with Crippen LogP contribution in [0.2, 0.25) is 0 Å². The molecule has 1 aromatic rings. The largest absolute Gasteiger partial charge is 0.326 e. The topological polar surface area (TPSA) is 55.1 Å². The third-order valence-corrected chi connectivity index (χ3v) is 3.95. The van der Waals surface area contributed by atoms with Crippen molar-refractivity contribution in [3.05, 3.63) is 29.8 Å². The standard InChI is InChI=1S/C14H16N2OS/c15-8-1-2-11-3-5-13(6-4-11)16-14(17)12-7-9-18-10-12/h3-6,12H,7-10,15H2,(H,16,17). The molecule has 18 heavy (non-hydrogen) atoms. The van der Waals surface area contributed by atoms with Gasteiger partial charge in [-0.1, -0.05) is 11.8 Å².